The van der Waals surface area contributed by atoms with Crippen molar-refractivity contribution in [1.82, 2.24) is 9.88 Å². The Balaban J connectivity index is 1.98. The van der Waals surface area contributed by atoms with Gasteiger partial charge in [0.25, 0.3) is 5.91 Å². The maximum absolute atomic E-state index is 13.0. The molecule has 1 amide bonds. The third kappa shape index (κ3) is 2.51. The minimum absolute atomic E-state index is 0.00172. The van der Waals surface area contributed by atoms with Crippen LogP contribution in [0.1, 0.15) is 10.4 Å². The fourth-order valence-corrected chi connectivity index (χ4v) is 4.36. The van der Waals surface area contributed by atoms with Crippen molar-refractivity contribution in [2.45, 2.75) is 0 Å². The number of thiophene rings is 1. The van der Waals surface area contributed by atoms with Gasteiger partial charge in [0.1, 0.15) is 11.5 Å². The minimum Gasteiger partial charge on any atom is -0.495 e. The summed E-state index contributed by atoms with van der Waals surface area (Å²) in [4.78, 5) is 19.1. The highest BCUT2D eigenvalue weighted by atomic mass is 32.1. The molecule has 4 rings (SSSR count). The second-order valence-corrected chi connectivity index (χ2v) is 6.63. The summed E-state index contributed by atoms with van der Waals surface area (Å²) in [5.74, 6) is 1.41. The molecule has 0 radical (unpaired) electrons. The van der Waals surface area contributed by atoms with E-state index in [4.69, 9.17) is 14.2 Å². The van der Waals surface area contributed by atoms with Gasteiger partial charge >= 0.3 is 0 Å². The molecule has 0 saturated carbocycles. The number of aromatic nitrogens is 1. The Morgan fingerprint density at radius 3 is 2.68 bits per heavy atom. The predicted octanol–water partition coefficient (Wildman–Crippen LogP) is 2.94. The number of nitrogens with zero attached hydrogens (tertiary/aromatic N) is 2. The van der Waals surface area contributed by atoms with Gasteiger partial charge in [0.05, 0.1) is 43.1 Å². The number of fused-ring (bicyclic) bond motifs is 2. The average molecular weight is 358 g/mol. The van der Waals surface area contributed by atoms with E-state index in [-0.39, 0.29) is 5.91 Å². The molecule has 1 aromatic carbocycles. The number of ether oxygens (including phenoxy) is 3. The molecule has 1 aliphatic rings. The lowest BCUT2D eigenvalue weighted by atomic mass is 10.0. The molecule has 2 aromatic heterocycles. The third-order valence-corrected chi connectivity index (χ3v) is 5.45. The van der Waals surface area contributed by atoms with E-state index >= 15 is 0 Å². The molecular formula is C18H18N2O4S. The summed E-state index contributed by atoms with van der Waals surface area (Å²) >= 11 is 1.50. The molecule has 3 aromatic rings. The van der Waals surface area contributed by atoms with Crippen molar-refractivity contribution in [1.29, 1.82) is 0 Å². The van der Waals surface area contributed by atoms with Gasteiger partial charge in [0.2, 0.25) is 0 Å². The summed E-state index contributed by atoms with van der Waals surface area (Å²) in [5, 5.41) is 4.44. The van der Waals surface area contributed by atoms with Crippen LogP contribution >= 0.6 is 11.3 Å². The van der Waals surface area contributed by atoms with Crippen LogP contribution in [0.15, 0.2) is 23.8 Å². The standard InChI is InChI=1S/C18H18N2O4S/c1-22-15-12-9-19-4-3-11(12)16(23-2)17-14(15)13(10-25-17)18(21)20-5-7-24-8-6-20/h3-4,9-10H,5-8H2,1-2H3. The summed E-state index contributed by atoms with van der Waals surface area (Å²) < 4.78 is 17.6. The van der Waals surface area contributed by atoms with Gasteiger partial charge in [-0.3, -0.25) is 9.78 Å². The van der Waals surface area contributed by atoms with E-state index in [1.807, 2.05) is 16.3 Å². The average Bonchev–Trinajstić information content (AvgIpc) is 3.10. The molecular weight excluding hydrogens is 340 g/mol. The number of methoxy groups -OCH3 is 2. The number of pyridine rings is 1. The zero-order valence-corrected chi connectivity index (χ0v) is 14.9. The van der Waals surface area contributed by atoms with E-state index in [1.54, 1.807) is 26.6 Å². The van der Waals surface area contributed by atoms with Gasteiger partial charge < -0.3 is 19.1 Å². The molecule has 25 heavy (non-hydrogen) atoms. The van der Waals surface area contributed by atoms with Crippen molar-refractivity contribution in [2.24, 2.45) is 0 Å². The first-order valence-electron chi connectivity index (χ1n) is 8.02. The molecule has 6 nitrogen and oxygen atoms in total. The quantitative estimate of drug-likeness (QED) is 0.720. The highest BCUT2D eigenvalue weighted by Crippen LogP contribution is 2.46. The third-order valence-electron chi connectivity index (χ3n) is 4.47. The highest BCUT2D eigenvalue weighted by Gasteiger charge is 2.26. The fraction of sp³-hybridized carbons (Fsp3) is 0.333. The van der Waals surface area contributed by atoms with Gasteiger partial charge in [0, 0.05) is 41.6 Å². The second kappa shape index (κ2) is 6.50. The summed E-state index contributed by atoms with van der Waals surface area (Å²) in [7, 11) is 3.26. The van der Waals surface area contributed by atoms with Crippen LogP contribution in [0.25, 0.3) is 20.9 Å². The summed E-state index contributed by atoms with van der Waals surface area (Å²) in [6, 6.07) is 1.90. The zero-order valence-electron chi connectivity index (χ0n) is 14.1. The molecule has 0 aliphatic carbocycles. The first-order chi connectivity index (χ1) is 12.3. The van der Waals surface area contributed by atoms with Crippen molar-refractivity contribution in [3.05, 3.63) is 29.4 Å². The van der Waals surface area contributed by atoms with Crippen LogP contribution in [0, 0.1) is 0 Å². The Morgan fingerprint density at radius 2 is 1.96 bits per heavy atom. The minimum atomic E-state index is -0.00172. The summed E-state index contributed by atoms with van der Waals surface area (Å²) in [5.41, 5.74) is 0.641. The molecule has 130 valence electrons. The molecule has 0 unspecified atom stereocenters. The lowest BCUT2D eigenvalue weighted by Crippen LogP contribution is -2.40. The van der Waals surface area contributed by atoms with Crippen molar-refractivity contribution in [3.63, 3.8) is 0 Å². The normalized spacial score (nSPS) is 14.9. The van der Waals surface area contributed by atoms with E-state index in [1.165, 1.54) is 11.3 Å². The first kappa shape index (κ1) is 16.1. The summed E-state index contributed by atoms with van der Waals surface area (Å²) in [6.45, 7) is 2.34. The molecule has 0 bridgehead atoms. The molecule has 0 N–H and O–H groups in total. The first-order valence-corrected chi connectivity index (χ1v) is 8.90. The van der Waals surface area contributed by atoms with Crippen molar-refractivity contribution < 1.29 is 19.0 Å². The SMILES string of the molecule is COc1c2ccncc2c(OC)c2c(C(=O)N3CCOCC3)csc12. The molecule has 0 atom stereocenters. The maximum atomic E-state index is 13.0. The van der Waals surface area contributed by atoms with Crippen LogP contribution in [-0.4, -0.2) is 56.3 Å². The Morgan fingerprint density at radius 1 is 1.20 bits per heavy atom. The fourth-order valence-electron chi connectivity index (χ4n) is 3.29. The Labute approximate surface area is 148 Å². The molecule has 3 heterocycles. The van der Waals surface area contributed by atoms with Crippen molar-refractivity contribution in [2.75, 3.05) is 40.5 Å². The van der Waals surface area contributed by atoms with Crippen LogP contribution < -0.4 is 9.47 Å². The van der Waals surface area contributed by atoms with Gasteiger partial charge in [-0.05, 0) is 6.07 Å². The Kier molecular flexibility index (Phi) is 4.19. The van der Waals surface area contributed by atoms with Crippen molar-refractivity contribution >= 4 is 38.1 Å². The van der Waals surface area contributed by atoms with E-state index in [0.29, 0.717) is 37.6 Å². The van der Waals surface area contributed by atoms with E-state index < -0.39 is 0 Å². The molecule has 1 fully saturated rings. The van der Waals surface area contributed by atoms with Crippen LogP contribution in [0.2, 0.25) is 0 Å². The van der Waals surface area contributed by atoms with Crippen LogP contribution in [-0.2, 0) is 4.74 Å². The number of benzene rings is 1. The smallest absolute Gasteiger partial charge is 0.255 e. The Bertz CT molecular complexity index is 947. The molecule has 0 spiro atoms. The van der Waals surface area contributed by atoms with Crippen LogP contribution in [0.5, 0.6) is 11.5 Å². The van der Waals surface area contributed by atoms with Gasteiger partial charge in [-0.25, -0.2) is 0 Å². The van der Waals surface area contributed by atoms with Crippen LogP contribution in [0.3, 0.4) is 0 Å². The number of hydrogen-bond acceptors (Lipinski definition) is 6. The van der Waals surface area contributed by atoms with Gasteiger partial charge in [-0.2, -0.15) is 0 Å². The number of morpholine rings is 1. The second-order valence-electron chi connectivity index (χ2n) is 5.75. The number of carbonyl (C=O) groups excluding carboxylic acids is 1. The van der Waals surface area contributed by atoms with Crippen molar-refractivity contribution in [3.8, 4) is 11.5 Å². The van der Waals surface area contributed by atoms with E-state index in [9.17, 15) is 4.79 Å². The van der Waals surface area contributed by atoms with E-state index in [0.717, 1.165) is 26.6 Å². The highest BCUT2D eigenvalue weighted by molar-refractivity contribution is 7.18. The number of amides is 1. The number of carbonyl (C=O) groups is 1. The van der Waals surface area contributed by atoms with Gasteiger partial charge in [-0.1, -0.05) is 0 Å². The van der Waals surface area contributed by atoms with E-state index in [2.05, 4.69) is 4.98 Å². The number of hydrogen-bond donors (Lipinski definition) is 0. The summed E-state index contributed by atoms with van der Waals surface area (Å²) in [6.07, 6.45) is 3.47. The topological polar surface area (TPSA) is 60.9 Å². The molecule has 1 aliphatic heterocycles. The largest absolute Gasteiger partial charge is 0.495 e. The number of rotatable bonds is 3. The predicted molar refractivity (Wildman–Crippen MR) is 97.0 cm³/mol. The monoisotopic (exact) mass is 358 g/mol. The zero-order chi connectivity index (χ0) is 17.4. The maximum Gasteiger partial charge on any atom is 0.255 e. The molecule has 7 heteroatoms. The van der Waals surface area contributed by atoms with Gasteiger partial charge in [-0.15, -0.1) is 11.3 Å². The lowest BCUT2D eigenvalue weighted by Gasteiger charge is -2.26. The van der Waals surface area contributed by atoms with Crippen LogP contribution in [0.4, 0.5) is 0 Å². The molecule has 1 saturated heterocycles. The Hall–Kier alpha value is -2.38. The van der Waals surface area contributed by atoms with Gasteiger partial charge in [0.15, 0.2) is 0 Å². The lowest BCUT2D eigenvalue weighted by molar-refractivity contribution is 0.0304.